The summed E-state index contributed by atoms with van der Waals surface area (Å²) in [5.41, 5.74) is 6.67. The molecule has 0 unspecified atom stereocenters. The minimum Gasteiger partial charge on any atom is -0.309 e. The van der Waals surface area contributed by atoms with Crippen LogP contribution in [0, 0.1) is 0 Å². The molecule has 0 aliphatic rings. The van der Waals surface area contributed by atoms with E-state index in [4.69, 9.17) is 4.98 Å². The molecule has 0 spiro atoms. The first kappa shape index (κ1) is 18.9. The van der Waals surface area contributed by atoms with Crippen molar-refractivity contribution in [3.8, 4) is 11.4 Å². The second-order valence-electron chi connectivity index (χ2n) is 8.76. The first-order valence-electron chi connectivity index (χ1n) is 11.6. The third-order valence-corrected chi connectivity index (χ3v) is 8.03. The van der Waals surface area contributed by atoms with Crippen molar-refractivity contribution >= 4 is 64.5 Å². The van der Waals surface area contributed by atoms with Crippen LogP contribution in [-0.2, 0) is 0 Å². The maximum absolute atomic E-state index is 4.70. The number of para-hydroxylation sites is 2. The number of hydrogen-bond donors (Lipinski definition) is 0. The minimum absolute atomic E-state index is 0.995. The number of fused-ring (bicyclic) bond motifs is 8. The Kier molecular flexibility index (Phi) is 3.78. The van der Waals surface area contributed by atoms with Crippen LogP contribution in [0.1, 0.15) is 0 Å². The summed E-state index contributed by atoms with van der Waals surface area (Å²) in [5.74, 6) is 0. The highest BCUT2D eigenvalue weighted by Gasteiger charge is 2.19. The molecule has 4 aromatic heterocycles. The number of rotatable bonds is 2. The molecule has 4 heterocycles. The quantitative estimate of drug-likeness (QED) is 0.260. The maximum Gasteiger partial charge on any atom is 0.116 e. The average Bonchev–Trinajstić information content (AvgIpc) is 3.55. The molecule has 0 N–H and O–H groups in total. The zero-order chi connectivity index (χ0) is 22.9. The molecular weight excluding hydrogens is 448 g/mol. The molecule has 35 heavy (non-hydrogen) atoms. The Bertz CT molecular complexity index is 2020. The lowest BCUT2D eigenvalue weighted by molar-refractivity contribution is 1.12. The second kappa shape index (κ2) is 7.01. The van der Waals surface area contributed by atoms with Crippen LogP contribution in [0.25, 0.3) is 64.5 Å². The molecule has 0 radical (unpaired) electrons. The van der Waals surface area contributed by atoms with Crippen LogP contribution in [0.15, 0.2) is 110 Å². The molecule has 0 saturated carbocycles. The van der Waals surface area contributed by atoms with Crippen molar-refractivity contribution in [2.45, 2.75) is 0 Å². The molecule has 0 aliphatic heterocycles. The van der Waals surface area contributed by atoms with Gasteiger partial charge in [0.15, 0.2) is 0 Å². The van der Waals surface area contributed by atoms with E-state index in [-0.39, 0.29) is 0 Å². The highest BCUT2D eigenvalue weighted by atomic mass is 32.1. The van der Waals surface area contributed by atoms with Crippen LogP contribution >= 0.6 is 11.3 Å². The third kappa shape index (κ3) is 2.56. The van der Waals surface area contributed by atoms with Crippen molar-refractivity contribution in [1.82, 2.24) is 19.1 Å². The standard InChI is InChI=1S/C30H18N4S/c1-4-13-24-21(10-1)22-11-2-5-14-25(22)33(24)19-8-7-9-20(16-19)34-26-17-31-18-32-29(26)28-23-12-3-6-15-27(23)35-30(28)34/h1-18H. The molecule has 0 amide bonds. The molecule has 164 valence electrons. The molecule has 0 aliphatic carbocycles. The molecule has 0 atom stereocenters. The number of thiophene rings is 1. The first-order chi connectivity index (χ1) is 17.4. The fourth-order valence-electron chi connectivity index (χ4n) is 5.44. The van der Waals surface area contributed by atoms with Gasteiger partial charge in [0.25, 0.3) is 0 Å². The van der Waals surface area contributed by atoms with E-state index in [9.17, 15) is 0 Å². The number of hydrogen-bond acceptors (Lipinski definition) is 3. The SMILES string of the molecule is c1cc(-n2c3ccccc3c3ccccc32)cc(-n2c3cncnc3c3c4ccccc4sc32)c1. The Morgan fingerprint density at radius 2 is 1.26 bits per heavy atom. The predicted octanol–water partition coefficient (Wildman–Crippen LogP) is 7.89. The third-order valence-electron chi connectivity index (χ3n) is 6.88. The van der Waals surface area contributed by atoms with E-state index in [2.05, 4.69) is 111 Å². The van der Waals surface area contributed by atoms with Gasteiger partial charge in [0.1, 0.15) is 16.7 Å². The van der Waals surface area contributed by atoms with E-state index in [0.29, 0.717) is 0 Å². The molecule has 0 saturated heterocycles. The summed E-state index contributed by atoms with van der Waals surface area (Å²) in [7, 11) is 0. The first-order valence-corrected chi connectivity index (χ1v) is 12.4. The van der Waals surface area contributed by atoms with Crippen molar-refractivity contribution in [2.75, 3.05) is 0 Å². The smallest absolute Gasteiger partial charge is 0.116 e. The maximum atomic E-state index is 4.70. The Hall–Kier alpha value is -4.48. The van der Waals surface area contributed by atoms with E-state index in [1.807, 2.05) is 6.20 Å². The molecule has 8 aromatic rings. The van der Waals surface area contributed by atoms with Gasteiger partial charge in [0.2, 0.25) is 0 Å². The zero-order valence-corrected chi connectivity index (χ0v) is 19.4. The number of aromatic nitrogens is 4. The molecule has 5 heteroatoms. The van der Waals surface area contributed by atoms with Gasteiger partial charge < -0.3 is 4.57 Å². The summed E-state index contributed by atoms with van der Waals surface area (Å²) in [6, 6.07) is 34.6. The van der Waals surface area contributed by atoms with Crippen molar-refractivity contribution in [1.29, 1.82) is 0 Å². The monoisotopic (exact) mass is 466 g/mol. The molecular formula is C30H18N4S. The summed E-state index contributed by atoms with van der Waals surface area (Å²) in [5, 5.41) is 4.97. The van der Waals surface area contributed by atoms with E-state index < -0.39 is 0 Å². The lowest BCUT2D eigenvalue weighted by Gasteiger charge is -2.12. The van der Waals surface area contributed by atoms with E-state index in [1.165, 1.54) is 42.1 Å². The fourth-order valence-corrected chi connectivity index (χ4v) is 6.67. The van der Waals surface area contributed by atoms with Crippen molar-refractivity contribution in [2.24, 2.45) is 0 Å². The summed E-state index contributed by atoms with van der Waals surface area (Å²) in [6.07, 6.45) is 3.57. The molecule has 4 nitrogen and oxygen atoms in total. The van der Waals surface area contributed by atoms with Gasteiger partial charge in [0, 0.05) is 37.6 Å². The van der Waals surface area contributed by atoms with Gasteiger partial charge in [-0.05, 0) is 36.4 Å². The van der Waals surface area contributed by atoms with Gasteiger partial charge in [-0.3, -0.25) is 4.57 Å². The van der Waals surface area contributed by atoms with Crippen LogP contribution < -0.4 is 0 Å². The van der Waals surface area contributed by atoms with Gasteiger partial charge >= 0.3 is 0 Å². The van der Waals surface area contributed by atoms with Crippen LogP contribution in [0.5, 0.6) is 0 Å². The highest BCUT2D eigenvalue weighted by Crippen LogP contribution is 2.41. The van der Waals surface area contributed by atoms with Crippen LogP contribution in [0.2, 0.25) is 0 Å². The normalized spacial score (nSPS) is 12.0. The highest BCUT2D eigenvalue weighted by molar-refractivity contribution is 7.25. The van der Waals surface area contributed by atoms with Crippen LogP contribution in [0.3, 0.4) is 0 Å². The van der Waals surface area contributed by atoms with Crippen molar-refractivity contribution in [3.63, 3.8) is 0 Å². The molecule has 0 fully saturated rings. The summed E-state index contributed by atoms with van der Waals surface area (Å²) in [4.78, 5) is 10.3. The topological polar surface area (TPSA) is 35.6 Å². The van der Waals surface area contributed by atoms with Crippen molar-refractivity contribution in [3.05, 3.63) is 110 Å². The van der Waals surface area contributed by atoms with Gasteiger partial charge in [-0.2, -0.15) is 0 Å². The second-order valence-corrected chi connectivity index (χ2v) is 9.79. The Morgan fingerprint density at radius 3 is 2.03 bits per heavy atom. The van der Waals surface area contributed by atoms with Crippen LogP contribution in [0.4, 0.5) is 0 Å². The van der Waals surface area contributed by atoms with Crippen molar-refractivity contribution < 1.29 is 0 Å². The number of nitrogens with zero attached hydrogens (tertiary/aromatic N) is 4. The average molecular weight is 467 g/mol. The molecule has 0 bridgehead atoms. The van der Waals surface area contributed by atoms with Gasteiger partial charge in [-0.1, -0.05) is 60.7 Å². The van der Waals surface area contributed by atoms with E-state index in [0.717, 1.165) is 22.4 Å². The lowest BCUT2D eigenvalue weighted by Crippen LogP contribution is -1.98. The van der Waals surface area contributed by atoms with Gasteiger partial charge in [0.05, 0.1) is 22.7 Å². The molecule has 8 rings (SSSR count). The Labute approximate surface area is 204 Å². The van der Waals surface area contributed by atoms with Gasteiger partial charge in [-0.15, -0.1) is 11.3 Å². The Morgan fingerprint density at radius 1 is 0.600 bits per heavy atom. The summed E-state index contributed by atoms with van der Waals surface area (Å²) < 4.78 is 5.94. The molecule has 4 aromatic carbocycles. The van der Waals surface area contributed by atoms with Crippen LogP contribution in [-0.4, -0.2) is 19.1 Å². The fraction of sp³-hybridized carbons (Fsp3) is 0. The summed E-state index contributed by atoms with van der Waals surface area (Å²) >= 11 is 1.81. The summed E-state index contributed by atoms with van der Waals surface area (Å²) in [6.45, 7) is 0. The van der Waals surface area contributed by atoms with Gasteiger partial charge in [-0.25, -0.2) is 9.97 Å². The minimum atomic E-state index is 0.995. The van der Waals surface area contributed by atoms with E-state index >= 15 is 0 Å². The Balaban J connectivity index is 1.46. The zero-order valence-electron chi connectivity index (χ0n) is 18.6. The lowest BCUT2D eigenvalue weighted by atomic mass is 10.2. The predicted molar refractivity (Wildman–Crippen MR) is 146 cm³/mol. The van der Waals surface area contributed by atoms with E-state index in [1.54, 1.807) is 17.7 Å². The number of benzene rings is 4. The largest absolute Gasteiger partial charge is 0.309 e.